The van der Waals surface area contributed by atoms with Crippen LogP contribution >= 0.6 is 0 Å². The van der Waals surface area contributed by atoms with Gasteiger partial charge in [0, 0.05) is 12.2 Å². The molecule has 0 bridgehead atoms. The summed E-state index contributed by atoms with van der Waals surface area (Å²) >= 11 is 0. The number of rotatable bonds is 7. The lowest BCUT2D eigenvalue weighted by Gasteiger charge is -2.08. The molecule has 0 unspecified atom stereocenters. The molecule has 7 heteroatoms. The maximum Gasteiger partial charge on any atom is 0.338 e. The fourth-order valence-electron chi connectivity index (χ4n) is 2.23. The molecule has 0 aliphatic heterocycles. The lowest BCUT2D eigenvalue weighted by Crippen LogP contribution is -2.28. The van der Waals surface area contributed by atoms with E-state index in [4.69, 9.17) is 10.5 Å². The van der Waals surface area contributed by atoms with E-state index in [-0.39, 0.29) is 13.2 Å². The number of carbonyl (C=O) groups is 3. The Morgan fingerprint density at radius 1 is 1.04 bits per heavy atom. The first-order valence-electron chi connectivity index (χ1n) is 8.16. The minimum atomic E-state index is -0.621. The molecule has 7 nitrogen and oxygen atoms in total. The third kappa shape index (κ3) is 5.94. The van der Waals surface area contributed by atoms with Gasteiger partial charge >= 0.3 is 12.0 Å². The SMILES string of the molecule is CCc1cccc(NC(=O)COC(=O)c2ccc(CNC(N)=O)cc2)c1. The van der Waals surface area contributed by atoms with Gasteiger partial charge in [-0.3, -0.25) is 4.79 Å². The zero-order valence-electron chi connectivity index (χ0n) is 14.5. The normalized spacial score (nSPS) is 10.0. The number of nitrogens with one attached hydrogen (secondary N) is 2. The summed E-state index contributed by atoms with van der Waals surface area (Å²) in [6, 6.07) is 13.3. The van der Waals surface area contributed by atoms with Crippen molar-refractivity contribution >= 4 is 23.6 Å². The summed E-state index contributed by atoms with van der Waals surface area (Å²) < 4.78 is 5.02. The summed E-state index contributed by atoms with van der Waals surface area (Å²) in [4.78, 5) is 34.6. The van der Waals surface area contributed by atoms with E-state index in [1.807, 2.05) is 25.1 Å². The van der Waals surface area contributed by atoms with Gasteiger partial charge in [-0.05, 0) is 41.8 Å². The highest BCUT2D eigenvalue weighted by atomic mass is 16.5. The molecule has 2 aromatic rings. The number of benzene rings is 2. The number of nitrogens with two attached hydrogens (primary N) is 1. The van der Waals surface area contributed by atoms with Gasteiger partial charge in [-0.15, -0.1) is 0 Å². The number of anilines is 1. The summed E-state index contributed by atoms with van der Waals surface area (Å²) in [6.45, 7) is 1.92. The second-order valence-corrected chi connectivity index (χ2v) is 5.59. The van der Waals surface area contributed by atoms with Crippen molar-refractivity contribution in [1.29, 1.82) is 0 Å². The molecule has 0 saturated carbocycles. The monoisotopic (exact) mass is 355 g/mol. The van der Waals surface area contributed by atoms with Crippen LogP contribution in [0.1, 0.15) is 28.4 Å². The molecular formula is C19H21N3O4. The first-order chi connectivity index (χ1) is 12.5. The van der Waals surface area contributed by atoms with Crippen molar-refractivity contribution in [1.82, 2.24) is 5.32 Å². The van der Waals surface area contributed by atoms with Gasteiger partial charge in [-0.1, -0.05) is 31.2 Å². The maximum atomic E-state index is 12.0. The van der Waals surface area contributed by atoms with Crippen LogP contribution in [0.5, 0.6) is 0 Å². The van der Waals surface area contributed by atoms with Crippen LogP contribution in [0.25, 0.3) is 0 Å². The number of carbonyl (C=O) groups excluding carboxylic acids is 3. The van der Waals surface area contributed by atoms with E-state index in [1.54, 1.807) is 30.3 Å². The maximum absolute atomic E-state index is 12.0. The highest BCUT2D eigenvalue weighted by molar-refractivity contribution is 5.95. The molecule has 4 N–H and O–H groups in total. The molecule has 26 heavy (non-hydrogen) atoms. The molecule has 136 valence electrons. The zero-order valence-corrected chi connectivity index (χ0v) is 14.5. The summed E-state index contributed by atoms with van der Waals surface area (Å²) in [5.41, 5.74) is 7.86. The summed E-state index contributed by atoms with van der Waals surface area (Å²) in [6.07, 6.45) is 0.865. The first-order valence-corrected chi connectivity index (χ1v) is 8.16. The van der Waals surface area contributed by atoms with Gasteiger partial charge in [-0.2, -0.15) is 0 Å². The topological polar surface area (TPSA) is 111 Å². The number of hydrogen-bond acceptors (Lipinski definition) is 4. The summed E-state index contributed by atoms with van der Waals surface area (Å²) in [5, 5.41) is 5.14. The van der Waals surface area contributed by atoms with Gasteiger partial charge < -0.3 is 21.1 Å². The fraction of sp³-hybridized carbons (Fsp3) is 0.211. The van der Waals surface area contributed by atoms with E-state index in [1.165, 1.54) is 0 Å². The van der Waals surface area contributed by atoms with Gasteiger partial charge in [0.25, 0.3) is 5.91 Å². The van der Waals surface area contributed by atoms with Gasteiger partial charge in [0.1, 0.15) is 0 Å². The summed E-state index contributed by atoms with van der Waals surface area (Å²) in [5.74, 6) is -1.01. The molecule has 0 atom stereocenters. The van der Waals surface area contributed by atoms with E-state index in [0.717, 1.165) is 17.5 Å². The molecular weight excluding hydrogens is 334 g/mol. The quantitative estimate of drug-likeness (QED) is 0.661. The van der Waals surface area contributed by atoms with Crippen LogP contribution in [0, 0.1) is 0 Å². The predicted molar refractivity (Wildman–Crippen MR) is 97.6 cm³/mol. The van der Waals surface area contributed by atoms with Gasteiger partial charge in [0.2, 0.25) is 0 Å². The summed E-state index contributed by atoms with van der Waals surface area (Å²) in [7, 11) is 0. The zero-order chi connectivity index (χ0) is 18.9. The van der Waals surface area contributed by atoms with Crippen molar-refractivity contribution < 1.29 is 19.1 Å². The second-order valence-electron chi connectivity index (χ2n) is 5.59. The molecule has 0 fully saturated rings. The second kappa shape index (κ2) is 9.22. The van der Waals surface area contributed by atoms with Gasteiger partial charge in [-0.25, -0.2) is 9.59 Å². The third-order valence-corrected chi connectivity index (χ3v) is 3.61. The third-order valence-electron chi connectivity index (χ3n) is 3.61. The molecule has 0 heterocycles. The average Bonchev–Trinajstić information content (AvgIpc) is 2.65. The Balaban J connectivity index is 1.83. The Morgan fingerprint density at radius 3 is 2.42 bits per heavy atom. The molecule has 0 spiro atoms. The van der Waals surface area contributed by atoms with Crippen molar-refractivity contribution in [3.8, 4) is 0 Å². The van der Waals surface area contributed by atoms with Crippen LogP contribution in [0.15, 0.2) is 48.5 Å². The Bertz CT molecular complexity index is 788. The lowest BCUT2D eigenvalue weighted by atomic mass is 10.1. The molecule has 0 saturated heterocycles. The Kier molecular flexibility index (Phi) is 6.73. The van der Waals surface area contributed by atoms with Crippen LogP contribution in [-0.4, -0.2) is 24.5 Å². The number of aryl methyl sites for hydroxylation is 1. The number of esters is 1. The van der Waals surface area contributed by atoms with Crippen molar-refractivity contribution in [3.05, 3.63) is 65.2 Å². The van der Waals surface area contributed by atoms with Crippen LogP contribution in [0.2, 0.25) is 0 Å². The highest BCUT2D eigenvalue weighted by Gasteiger charge is 2.10. The number of urea groups is 1. The predicted octanol–water partition coefficient (Wildman–Crippen LogP) is 2.21. The van der Waals surface area contributed by atoms with Crippen molar-refractivity contribution in [2.45, 2.75) is 19.9 Å². The fourth-order valence-corrected chi connectivity index (χ4v) is 2.23. The molecule has 2 aromatic carbocycles. The molecule has 0 aliphatic rings. The number of amides is 3. The van der Waals surface area contributed by atoms with E-state index in [9.17, 15) is 14.4 Å². The Labute approximate surface area is 151 Å². The molecule has 0 aliphatic carbocycles. The van der Waals surface area contributed by atoms with E-state index >= 15 is 0 Å². The Morgan fingerprint density at radius 2 is 1.77 bits per heavy atom. The smallest absolute Gasteiger partial charge is 0.338 e. The van der Waals surface area contributed by atoms with Crippen LogP contribution in [-0.2, 0) is 22.5 Å². The molecule has 0 aromatic heterocycles. The van der Waals surface area contributed by atoms with Gasteiger partial charge in [0.15, 0.2) is 6.61 Å². The average molecular weight is 355 g/mol. The van der Waals surface area contributed by atoms with E-state index in [2.05, 4.69) is 10.6 Å². The molecule has 3 amide bonds. The largest absolute Gasteiger partial charge is 0.452 e. The number of ether oxygens (including phenoxy) is 1. The van der Waals surface area contributed by atoms with Crippen molar-refractivity contribution in [2.24, 2.45) is 5.73 Å². The number of hydrogen-bond donors (Lipinski definition) is 3. The standard InChI is InChI=1S/C19H21N3O4/c1-2-13-4-3-5-16(10-13)22-17(23)12-26-18(24)15-8-6-14(7-9-15)11-21-19(20)25/h3-10H,2,11-12H2,1H3,(H,22,23)(H3,20,21,25). The molecule has 0 radical (unpaired) electrons. The van der Waals surface area contributed by atoms with Crippen molar-refractivity contribution in [2.75, 3.05) is 11.9 Å². The van der Waals surface area contributed by atoms with Crippen LogP contribution in [0.3, 0.4) is 0 Å². The van der Waals surface area contributed by atoms with Crippen LogP contribution in [0.4, 0.5) is 10.5 Å². The highest BCUT2D eigenvalue weighted by Crippen LogP contribution is 2.11. The van der Waals surface area contributed by atoms with Crippen molar-refractivity contribution in [3.63, 3.8) is 0 Å². The number of primary amides is 1. The Hall–Kier alpha value is -3.35. The lowest BCUT2D eigenvalue weighted by molar-refractivity contribution is -0.119. The van der Waals surface area contributed by atoms with Crippen LogP contribution < -0.4 is 16.4 Å². The minimum absolute atomic E-state index is 0.268. The van der Waals surface area contributed by atoms with E-state index in [0.29, 0.717) is 11.3 Å². The van der Waals surface area contributed by atoms with Gasteiger partial charge in [0.05, 0.1) is 5.56 Å². The first kappa shape index (κ1) is 19.0. The van der Waals surface area contributed by atoms with E-state index < -0.39 is 17.9 Å². The molecule has 2 rings (SSSR count). The minimum Gasteiger partial charge on any atom is -0.452 e.